The highest BCUT2D eigenvalue weighted by molar-refractivity contribution is 5.95. The number of ether oxygens (including phenoxy) is 2. The van der Waals surface area contributed by atoms with Gasteiger partial charge in [-0.1, -0.05) is 36.4 Å². The quantitative estimate of drug-likeness (QED) is 0.800. The van der Waals surface area contributed by atoms with Gasteiger partial charge < -0.3 is 19.3 Å². The summed E-state index contributed by atoms with van der Waals surface area (Å²) in [6.45, 7) is 1.72. The Kier molecular flexibility index (Phi) is 5.53. The number of para-hydroxylation sites is 2. The molecular formula is C23H26N2O4. The fourth-order valence-corrected chi connectivity index (χ4v) is 4.24. The zero-order valence-corrected chi connectivity index (χ0v) is 16.7. The van der Waals surface area contributed by atoms with Gasteiger partial charge in [-0.05, 0) is 31.0 Å². The molecule has 0 saturated carbocycles. The maximum Gasteiger partial charge on any atom is 0.253 e. The number of hydrogen-bond donors (Lipinski definition) is 0. The van der Waals surface area contributed by atoms with Crippen LogP contribution in [-0.2, 0) is 20.7 Å². The van der Waals surface area contributed by atoms with E-state index in [1.165, 1.54) is 0 Å². The summed E-state index contributed by atoms with van der Waals surface area (Å²) in [7, 11) is 1.62. The maximum absolute atomic E-state index is 13.0. The van der Waals surface area contributed by atoms with Gasteiger partial charge in [-0.15, -0.1) is 0 Å². The van der Waals surface area contributed by atoms with Crippen molar-refractivity contribution < 1.29 is 19.1 Å². The second kappa shape index (κ2) is 8.25. The van der Waals surface area contributed by atoms with Crippen LogP contribution in [0, 0.1) is 0 Å². The summed E-state index contributed by atoms with van der Waals surface area (Å²) in [4.78, 5) is 29.1. The Labute approximate surface area is 171 Å². The van der Waals surface area contributed by atoms with Crippen molar-refractivity contribution in [3.05, 3.63) is 60.2 Å². The molecule has 1 atom stereocenters. The summed E-state index contributed by atoms with van der Waals surface area (Å²) in [5, 5.41) is 0. The zero-order valence-electron chi connectivity index (χ0n) is 16.7. The van der Waals surface area contributed by atoms with Gasteiger partial charge in [0.15, 0.2) is 0 Å². The number of morpholine rings is 1. The van der Waals surface area contributed by atoms with Crippen molar-refractivity contribution >= 4 is 17.5 Å². The van der Waals surface area contributed by atoms with Crippen molar-refractivity contribution in [1.82, 2.24) is 4.90 Å². The maximum atomic E-state index is 13.0. The summed E-state index contributed by atoms with van der Waals surface area (Å²) in [5.74, 6) is 0.738. The SMILES string of the molecule is COc1ccccc1CC(=O)N1CCCC2(C1)CN(c1ccccc1)C(=O)CO2. The molecule has 6 nitrogen and oxygen atoms in total. The van der Waals surface area contributed by atoms with E-state index in [2.05, 4.69) is 0 Å². The van der Waals surface area contributed by atoms with Crippen LogP contribution >= 0.6 is 0 Å². The predicted octanol–water partition coefficient (Wildman–Crippen LogP) is 2.66. The number of anilines is 1. The second-order valence-electron chi connectivity index (χ2n) is 7.69. The van der Waals surface area contributed by atoms with Crippen LogP contribution in [0.1, 0.15) is 18.4 Å². The molecular weight excluding hydrogens is 368 g/mol. The van der Waals surface area contributed by atoms with Crippen molar-refractivity contribution in [2.75, 3.05) is 38.3 Å². The minimum Gasteiger partial charge on any atom is -0.496 e. The molecule has 4 rings (SSSR count). The molecule has 2 aliphatic rings. The van der Waals surface area contributed by atoms with E-state index in [0.717, 1.165) is 29.8 Å². The van der Waals surface area contributed by atoms with Crippen LogP contribution in [0.3, 0.4) is 0 Å². The minimum absolute atomic E-state index is 0.0423. The number of piperidine rings is 1. The molecule has 6 heteroatoms. The van der Waals surface area contributed by atoms with E-state index in [-0.39, 0.29) is 18.4 Å². The first-order valence-corrected chi connectivity index (χ1v) is 9.99. The van der Waals surface area contributed by atoms with Crippen LogP contribution in [0.15, 0.2) is 54.6 Å². The van der Waals surface area contributed by atoms with Gasteiger partial charge in [0.2, 0.25) is 5.91 Å². The number of rotatable bonds is 4. The van der Waals surface area contributed by atoms with E-state index in [9.17, 15) is 9.59 Å². The average Bonchev–Trinajstić information content (AvgIpc) is 2.77. The van der Waals surface area contributed by atoms with Crippen LogP contribution in [0.25, 0.3) is 0 Å². The Hall–Kier alpha value is -2.86. The highest BCUT2D eigenvalue weighted by Gasteiger charge is 2.44. The largest absolute Gasteiger partial charge is 0.496 e. The third-order valence-corrected chi connectivity index (χ3v) is 5.74. The molecule has 152 valence electrons. The van der Waals surface area contributed by atoms with E-state index in [1.807, 2.05) is 59.5 Å². The smallest absolute Gasteiger partial charge is 0.253 e. The molecule has 2 aromatic rings. The van der Waals surface area contributed by atoms with Crippen LogP contribution in [-0.4, -0.2) is 55.7 Å². The number of amides is 2. The Morgan fingerprint density at radius 3 is 2.66 bits per heavy atom. The number of likely N-dealkylation sites (tertiary alicyclic amines) is 1. The van der Waals surface area contributed by atoms with E-state index >= 15 is 0 Å². The molecule has 0 bridgehead atoms. The predicted molar refractivity (Wildman–Crippen MR) is 110 cm³/mol. The van der Waals surface area contributed by atoms with Crippen molar-refractivity contribution in [3.63, 3.8) is 0 Å². The van der Waals surface area contributed by atoms with E-state index in [1.54, 1.807) is 12.0 Å². The summed E-state index contributed by atoms with van der Waals surface area (Å²) in [6, 6.07) is 17.3. The normalized spacial score (nSPS) is 22.0. The van der Waals surface area contributed by atoms with Gasteiger partial charge in [0.1, 0.15) is 18.0 Å². The summed E-state index contributed by atoms with van der Waals surface area (Å²) in [6.07, 6.45) is 1.98. The highest BCUT2D eigenvalue weighted by Crippen LogP contribution is 2.32. The molecule has 0 aliphatic carbocycles. The van der Waals surface area contributed by atoms with E-state index in [0.29, 0.717) is 26.1 Å². The number of methoxy groups -OCH3 is 1. The third kappa shape index (κ3) is 4.12. The number of hydrogen-bond acceptors (Lipinski definition) is 4. The zero-order chi connectivity index (χ0) is 20.3. The summed E-state index contributed by atoms with van der Waals surface area (Å²) in [5.41, 5.74) is 1.24. The average molecular weight is 394 g/mol. The fourth-order valence-electron chi connectivity index (χ4n) is 4.24. The Morgan fingerprint density at radius 2 is 1.86 bits per heavy atom. The summed E-state index contributed by atoms with van der Waals surface area (Å²) < 4.78 is 11.4. The number of nitrogens with zero attached hydrogens (tertiary/aromatic N) is 2. The van der Waals surface area contributed by atoms with Crippen LogP contribution in [0.2, 0.25) is 0 Å². The molecule has 2 saturated heterocycles. The molecule has 2 aliphatic heterocycles. The molecule has 2 aromatic carbocycles. The van der Waals surface area contributed by atoms with Crippen molar-refractivity contribution in [3.8, 4) is 5.75 Å². The Bertz CT molecular complexity index is 885. The molecule has 0 radical (unpaired) electrons. The third-order valence-electron chi connectivity index (χ3n) is 5.74. The summed E-state index contributed by atoms with van der Waals surface area (Å²) >= 11 is 0. The van der Waals surface area contributed by atoms with Crippen LogP contribution in [0.4, 0.5) is 5.69 Å². The van der Waals surface area contributed by atoms with Crippen molar-refractivity contribution in [1.29, 1.82) is 0 Å². The molecule has 0 aromatic heterocycles. The van der Waals surface area contributed by atoms with Gasteiger partial charge in [-0.2, -0.15) is 0 Å². The van der Waals surface area contributed by atoms with Crippen LogP contribution in [0.5, 0.6) is 5.75 Å². The van der Waals surface area contributed by atoms with Crippen LogP contribution < -0.4 is 9.64 Å². The monoisotopic (exact) mass is 394 g/mol. The Morgan fingerprint density at radius 1 is 1.10 bits per heavy atom. The first-order valence-electron chi connectivity index (χ1n) is 9.99. The number of benzene rings is 2. The van der Waals surface area contributed by atoms with Crippen molar-refractivity contribution in [2.24, 2.45) is 0 Å². The topological polar surface area (TPSA) is 59.1 Å². The number of carbonyl (C=O) groups is 2. The number of carbonyl (C=O) groups excluding carboxylic acids is 2. The molecule has 1 unspecified atom stereocenters. The highest BCUT2D eigenvalue weighted by atomic mass is 16.5. The van der Waals surface area contributed by atoms with Gasteiger partial charge in [0.25, 0.3) is 5.91 Å². The molecule has 29 heavy (non-hydrogen) atoms. The van der Waals surface area contributed by atoms with Gasteiger partial charge in [0, 0.05) is 17.8 Å². The lowest BCUT2D eigenvalue weighted by molar-refractivity contribution is -0.153. The van der Waals surface area contributed by atoms with Gasteiger partial charge in [-0.3, -0.25) is 9.59 Å². The van der Waals surface area contributed by atoms with Gasteiger partial charge >= 0.3 is 0 Å². The van der Waals surface area contributed by atoms with Gasteiger partial charge in [0.05, 0.1) is 26.6 Å². The molecule has 2 fully saturated rings. The first kappa shape index (κ1) is 19.5. The second-order valence-corrected chi connectivity index (χ2v) is 7.69. The molecule has 1 spiro atoms. The molecule has 2 amide bonds. The van der Waals surface area contributed by atoms with Gasteiger partial charge in [-0.25, -0.2) is 0 Å². The lowest BCUT2D eigenvalue weighted by Crippen LogP contribution is -2.62. The molecule has 0 N–H and O–H groups in total. The lowest BCUT2D eigenvalue weighted by Gasteiger charge is -2.47. The molecule has 2 heterocycles. The first-order chi connectivity index (χ1) is 14.1. The fraction of sp³-hybridized carbons (Fsp3) is 0.391. The standard InChI is InChI=1S/C23H26N2O4/c1-28-20-11-6-5-8-18(20)14-21(26)24-13-7-12-23(16-24)17-25(22(27)15-29-23)19-9-3-2-4-10-19/h2-6,8-11H,7,12-17H2,1H3. The van der Waals surface area contributed by atoms with E-state index in [4.69, 9.17) is 9.47 Å². The lowest BCUT2D eigenvalue weighted by atomic mass is 9.90. The van der Waals surface area contributed by atoms with Crippen molar-refractivity contribution in [2.45, 2.75) is 24.9 Å². The van der Waals surface area contributed by atoms with E-state index < -0.39 is 5.60 Å². The Balaban J connectivity index is 1.48. The minimum atomic E-state index is -0.515.